The summed E-state index contributed by atoms with van der Waals surface area (Å²) >= 11 is 5.96. The van der Waals surface area contributed by atoms with Gasteiger partial charge >= 0.3 is 0 Å². The van der Waals surface area contributed by atoms with Crippen LogP contribution in [0.15, 0.2) is 71.6 Å². The first-order valence-corrected chi connectivity index (χ1v) is 9.79. The average molecular weight is 360 g/mol. The Kier molecular flexibility index (Phi) is 5.07. The number of nitrogens with one attached hydrogen (secondary N) is 1. The van der Waals surface area contributed by atoms with Gasteiger partial charge in [0, 0.05) is 17.3 Å². The van der Waals surface area contributed by atoms with Crippen LogP contribution in [0.3, 0.4) is 0 Å². The van der Waals surface area contributed by atoms with Crippen molar-refractivity contribution in [2.45, 2.75) is 11.3 Å². The molecule has 3 aromatic rings. The first kappa shape index (κ1) is 16.8. The molecule has 3 nitrogen and oxygen atoms in total. The number of rotatable bonds is 6. The second kappa shape index (κ2) is 7.24. The highest BCUT2D eigenvalue weighted by Crippen LogP contribution is 2.23. The Morgan fingerprint density at radius 1 is 0.875 bits per heavy atom. The zero-order valence-electron chi connectivity index (χ0n) is 13.1. The summed E-state index contributed by atoms with van der Waals surface area (Å²) in [4.78, 5) is 0.358. The minimum Gasteiger partial charge on any atom is -0.385 e. The number of benzene rings is 3. The van der Waals surface area contributed by atoms with Crippen molar-refractivity contribution >= 4 is 37.9 Å². The van der Waals surface area contributed by atoms with Crippen molar-refractivity contribution in [3.63, 3.8) is 0 Å². The quantitative estimate of drug-likeness (QED) is 0.645. The highest BCUT2D eigenvalue weighted by molar-refractivity contribution is 7.91. The largest absolute Gasteiger partial charge is 0.385 e. The summed E-state index contributed by atoms with van der Waals surface area (Å²) < 4.78 is 25.0. The van der Waals surface area contributed by atoms with Gasteiger partial charge in [-0.15, -0.1) is 0 Å². The monoisotopic (exact) mass is 359 g/mol. The predicted octanol–water partition coefficient (Wildman–Crippen LogP) is 4.77. The maximum Gasteiger partial charge on any atom is 0.178 e. The molecule has 3 rings (SSSR count). The lowest BCUT2D eigenvalue weighted by Gasteiger charge is -2.08. The lowest BCUT2D eigenvalue weighted by molar-refractivity contribution is 0.594. The fourth-order valence-corrected chi connectivity index (χ4v) is 4.08. The maximum atomic E-state index is 12.5. The average Bonchev–Trinajstić information content (AvgIpc) is 2.59. The molecule has 0 heterocycles. The molecule has 0 unspecified atom stereocenters. The molecule has 0 bridgehead atoms. The molecule has 0 amide bonds. The van der Waals surface area contributed by atoms with Crippen LogP contribution in [-0.4, -0.2) is 20.7 Å². The number of para-hydroxylation sites is 1. The van der Waals surface area contributed by atoms with Crippen LogP contribution in [0.4, 0.5) is 5.69 Å². The topological polar surface area (TPSA) is 46.2 Å². The highest BCUT2D eigenvalue weighted by Gasteiger charge is 2.14. The fraction of sp³-hybridized carbons (Fsp3) is 0.158. The summed E-state index contributed by atoms with van der Waals surface area (Å²) in [6.45, 7) is 0.617. The van der Waals surface area contributed by atoms with Crippen LogP contribution in [0.5, 0.6) is 0 Å². The van der Waals surface area contributed by atoms with Gasteiger partial charge in [0.1, 0.15) is 0 Å². The summed E-state index contributed by atoms with van der Waals surface area (Å²) in [7, 11) is -3.29. The standard InChI is InChI=1S/C19H18ClNO2S/c20-17-9-7-16-14-19(10-8-15(16)13-17)24(22,23)12-4-11-21-18-5-2-1-3-6-18/h1-3,5-10,13-14,21H,4,11-12H2. The van der Waals surface area contributed by atoms with Crippen molar-refractivity contribution in [1.29, 1.82) is 0 Å². The van der Waals surface area contributed by atoms with Gasteiger partial charge in [-0.3, -0.25) is 0 Å². The van der Waals surface area contributed by atoms with E-state index in [9.17, 15) is 8.42 Å². The SMILES string of the molecule is O=S(=O)(CCCNc1ccccc1)c1ccc2cc(Cl)ccc2c1. The van der Waals surface area contributed by atoms with Gasteiger partial charge in [-0.1, -0.05) is 41.9 Å². The number of halogens is 1. The summed E-state index contributed by atoms with van der Waals surface area (Å²) in [6.07, 6.45) is 0.551. The smallest absolute Gasteiger partial charge is 0.178 e. The van der Waals surface area contributed by atoms with E-state index in [1.165, 1.54) is 0 Å². The second-order valence-corrected chi connectivity index (χ2v) is 8.16. The number of anilines is 1. The maximum absolute atomic E-state index is 12.5. The number of hydrogen-bond acceptors (Lipinski definition) is 3. The lowest BCUT2D eigenvalue weighted by atomic mass is 10.1. The molecule has 1 N–H and O–H groups in total. The molecule has 0 atom stereocenters. The van der Waals surface area contributed by atoms with Crippen LogP contribution < -0.4 is 5.32 Å². The lowest BCUT2D eigenvalue weighted by Crippen LogP contribution is -2.11. The van der Waals surface area contributed by atoms with Gasteiger partial charge in [0.25, 0.3) is 0 Å². The van der Waals surface area contributed by atoms with Crippen molar-refractivity contribution in [1.82, 2.24) is 0 Å². The van der Waals surface area contributed by atoms with E-state index < -0.39 is 9.84 Å². The third-order valence-electron chi connectivity index (χ3n) is 3.83. The number of hydrogen-bond donors (Lipinski definition) is 1. The summed E-state index contributed by atoms with van der Waals surface area (Å²) in [5, 5.41) is 5.68. The third kappa shape index (κ3) is 4.08. The van der Waals surface area contributed by atoms with Gasteiger partial charge in [0.05, 0.1) is 10.6 Å². The van der Waals surface area contributed by atoms with E-state index in [1.807, 2.05) is 42.5 Å². The molecule has 0 aromatic heterocycles. The minimum atomic E-state index is -3.29. The predicted molar refractivity (Wildman–Crippen MR) is 101 cm³/mol. The normalized spacial score (nSPS) is 11.5. The van der Waals surface area contributed by atoms with E-state index in [1.54, 1.807) is 24.3 Å². The van der Waals surface area contributed by atoms with Crippen LogP contribution in [0.2, 0.25) is 5.02 Å². The molecule has 0 saturated heterocycles. The van der Waals surface area contributed by atoms with E-state index in [-0.39, 0.29) is 5.75 Å². The summed E-state index contributed by atoms with van der Waals surface area (Å²) in [6, 6.07) is 20.4. The Balaban J connectivity index is 1.65. The van der Waals surface area contributed by atoms with E-state index in [4.69, 9.17) is 11.6 Å². The van der Waals surface area contributed by atoms with Crippen LogP contribution in [-0.2, 0) is 9.84 Å². The minimum absolute atomic E-state index is 0.117. The van der Waals surface area contributed by atoms with E-state index in [0.717, 1.165) is 16.5 Å². The fourth-order valence-electron chi connectivity index (χ4n) is 2.56. The van der Waals surface area contributed by atoms with Crippen molar-refractivity contribution in [3.05, 3.63) is 71.8 Å². The zero-order chi connectivity index (χ0) is 17.0. The van der Waals surface area contributed by atoms with Crippen LogP contribution in [0.1, 0.15) is 6.42 Å². The molecule has 0 spiro atoms. The zero-order valence-corrected chi connectivity index (χ0v) is 14.6. The molecule has 124 valence electrons. The molecule has 0 aliphatic heterocycles. The van der Waals surface area contributed by atoms with Crippen LogP contribution >= 0.6 is 11.6 Å². The van der Waals surface area contributed by atoms with Gasteiger partial charge in [0.2, 0.25) is 0 Å². The molecule has 3 aromatic carbocycles. The molecule has 5 heteroatoms. The van der Waals surface area contributed by atoms with E-state index >= 15 is 0 Å². The van der Waals surface area contributed by atoms with Crippen molar-refractivity contribution in [3.8, 4) is 0 Å². The summed E-state index contributed by atoms with van der Waals surface area (Å²) in [5.74, 6) is 0.117. The molecular formula is C19H18ClNO2S. The van der Waals surface area contributed by atoms with Gasteiger partial charge in [-0.25, -0.2) is 8.42 Å². The molecular weight excluding hydrogens is 342 g/mol. The molecule has 0 radical (unpaired) electrons. The Bertz CT molecular complexity index is 940. The van der Waals surface area contributed by atoms with E-state index in [2.05, 4.69) is 5.32 Å². The first-order chi connectivity index (χ1) is 11.5. The van der Waals surface area contributed by atoms with Crippen molar-refractivity contribution in [2.75, 3.05) is 17.6 Å². The highest BCUT2D eigenvalue weighted by atomic mass is 35.5. The van der Waals surface area contributed by atoms with Gasteiger partial charge < -0.3 is 5.32 Å². The second-order valence-electron chi connectivity index (χ2n) is 5.62. The Labute approximate surface area is 147 Å². The van der Waals surface area contributed by atoms with Crippen LogP contribution in [0, 0.1) is 0 Å². The van der Waals surface area contributed by atoms with E-state index in [0.29, 0.717) is 22.9 Å². The van der Waals surface area contributed by atoms with Crippen molar-refractivity contribution in [2.24, 2.45) is 0 Å². The van der Waals surface area contributed by atoms with Crippen LogP contribution in [0.25, 0.3) is 10.8 Å². The van der Waals surface area contributed by atoms with Gasteiger partial charge in [-0.05, 0) is 53.6 Å². The van der Waals surface area contributed by atoms with Gasteiger partial charge in [0.15, 0.2) is 9.84 Å². The Hall–Kier alpha value is -2.04. The van der Waals surface area contributed by atoms with Gasteiger partial charge in [-0.2, -0.15) is 0 Å². The molecule has 0 saturated carbocycles. The molecule has 0 aliphatic carbocycles. The molecule has 0 aliphatic rings. The Morgan fingerprint density at radius 3 is 2.38 bits per heavy atom. The summed E-state index contributed by atoms with van der Waals surface area (Å²) in [5.41, 5.74) is 0.998. The first-order valence-electron chi connectivity index (χ1n) is 7.76. The number of fused-ring (bicyclic) bond motifs is 1. The number of sulfone groups is 1. The van der Waals surface area contributed by atoms with Crippen molar-refractivity contribution < 1.29 is 8.42 Å². The molecule has 0 fully saturated rings. The Morgan fingerprint density at radius 2 is 1.58 bits per heavy atom. The third-order valence-corrected chi connectivity index (χ3v) is 5.86. The molecule has 24 heavy (non-hydrogen) atoms.